The highest BCUT2D eigenvalue weighted by Gasteiger charge is 2.16. The van der Waals surface area contributed by atoms with Crippen molar-refractivity contribution in [1.29, 1.82) is 0 Å². The lowest BCUT2D eigenvalue weighted by Crippen LogP contribution is -2.42. The van der Waals surface area contributed by atoms with Gasteiger partial charge >= 0.3 is 0 Å². The summed E-state index contributed by atoms with van der Waals surface area (Å²) in [7, 11) is 0. The topological polar surface area (TPSA) is 24.1 Å². The first-order chi connectivity index (χ1) is 6.79. The van der Waals surface area contributed by atoms with Gasteiger partial charge in [0.25, 0.3) is 0 Å². The van der Waals surface area contributed by atoms with Crippen LogP contribution in [0.1, 0.15) is 22.7 Å². The molecule has 0 amide bonds. The minimum atomic E-state index is 0.489. The Morgan fingerprint density at radius 1 is 1.21 bits per heavy atom. The second kappa shape index (κ2) is 4.11. The number of benzene rings is 1. The second-order valence-electron chi connectivity index (χ2n) is 4.00. The maximum Gasteiger partial charge on any atom is 0.0449 e. The van der Waals surface area contributed by atoms with Gasteiger partial charge < -0.3 is 10.6 Å². The Labute approximate surface area is 85.7 Å². The summed E-state index contributed by atoms with van der Waals surface area (Å²) >= 11 is 0. The Bertz CT molecular complexity index is 314. The molecule has 1 aliphatic rings. The van der Waals surface area contributed by atoms with E-state index in [9.17, 15) is 0 Å². The lowest BCUT2D eigenvalue weighted by atomic mass is 9.96. The summed E-state index contributed by atoms with van der Waals surface area (Å²) in [5.41, 5.74) is 4.25. The van der Waals surface area contributed by atoms with Crippen molar-refractivity contribution in [3.63, 3.8) is 0 Å². The van der Waals surface area contributed by atoms with Crippen molar-refractivity contribution in [3.05, 3.63) is 34.9 Å². The Hall–Kier alpha value is -0.860. The molecule has 1 unspecified atom stereocenters. The van der Waals surface area contributed by atoms with Crippen molar-refractivity contribution >= 4 is 0 Å². The number of piperazine rings is 1. The maximum absolute atomic E-state index is 3.54. The monoisotopic (exact) mass is 190 g/mol. The van der Waals surface area contributed by atoms with Crippen molar-refractivity contribution in [1.82, 2.24) is 10.6 Å². The largest absolute Gasteiger partial charge is 0.314 e. The van der Waals surface area contributed by atoms with Crippen molar-refractivity contribution < 1.29 is 0 Å². The number of hydrogen-bond donors (Lipinski definition) is 2. The van der Waals surface area contributed by atoms with Crippen LogP contribution in [0, 0.1) is 13.8 Å². The Kier molecular flexibility index (Phi) is 2.85. The van der Waals surface area contributed by atoms with E-state index in [0.29, 0.717) is 6.04 Å². The molecule has 0 spiro atoms. The zero-order chi connectivity index (χ0) is 9.97. The van der Waals surface area contributed by atoms with E-state index in [1.54, 1.807) is 0 Å². The predicted octanol–water partition coefficient (Wildman–Crippen LogP) is 1.54. The number of nitrogens with one attached hydrogen (secondary N) is 2. The minimum absolute atomic E-state index is 0.489. The predicted molar refractivity (Wildman–Crippen MR) is 59.5 cm³/mol. The van der Waals surface area contributed by atoms with E-state index in [2.05, 4.69) is 42.7 Å². The average Bonchev–Trinajstić information content (AvgIpc) is 2.23. The van der Waals surface area contributed by atoms with E-state index in [-0.39, 0.29) is 0 Å². The Morgan fingerprint density at radius 3 is 2.79 bits per heavy atom. The molecule has 14 heavy (non-hydrogen) atoms. The van der Waals surface area contributed by atoms with Crippen LogP contribution in [-0.4, -0.2) is 19.6 Å². The fourth-order valence-corrected chi connectivity index (χ4v) is 2.02. The van der Waals surface area contributed by atoms with Crippen LogP contribution in [0.4, 0.5) is 0 Å². The third kappa shape index (κ3) is 1.81. The second-order valence-corrected chi connectivity index (χ2v) is 4.00. The lowest BCUT2D eigenvalue weighted by Gasteiger charge is -2.26. The first-order valence-corrected chi connectivity index (χ1v) is 5.29. The summed E-state index contributed by atoms with van der Waals surface area (Å²) < 4.78 is 0. The molecule has 1 aromatic rings. The van der Waals surface area contributed by atoms with E-state index >= 15 is 0 Å². The normalized spacial score (nSPS) is 22.3. The summed E-state index contributed by atoms with van der Waals surface area (Å²) in [5, 5.41) is 6.96. The van der Waals surface area contributed by atoms with Gasteiger partial charge in [0, 0.05) is 25.7 Å². The van der Waals surface area contributed by atoms with Crippen LogP contribution in [0.15, 0.2) is 18.2 Å². The molecule has 2 N–H and O–H groups in total. The summed E-state index contributed by atoms with van der Waals surface area (Å²) in [4.78, 5) is 0. The van der Waals surface area contributed by atoms with Gasteiger partial charge in [0.05, 0.1) is 0 Å². The van der Waals surface area contributed by atoms with Crippen LogP contribution in [0.5, 0.6) is 0 Å². The highest BCUT2D eigenvalue weighted by Crippen LogP contribution is 2.20. The summed E-state index contributed by atoms with van der Waals surface area (Å²) in [6.07, 6.45) is 0. The van der Waals surface area contributed by atoms with Crippen LogP contribution >= 0.6 is 0 Å². The molecule has 2 heteroatoms. The third-order valence-electron chi connectivity index (χ3n) is 3.06. The Balaban J connectivity index is 2.26. The molecule has 2 rings (SSSR count). The highest BCUT2D eigenvalue weighted by atomic mass is 15.1. The van der Waals surface area contributed by atoms with E-state index in [0.717, 1.165) is 19.6 Å². The molecular formula is C12H18N2. The van der Waals surface area contributed by atoms with E-state index < -0.39 is 0 Å². The average molecular weight is 190 g/mol. The molecule has 0 aliphatic carbocycles. The molecule has 1 fully saturated rings. The number of rotatable bonds is 1. The van der Waals surface area contributed by atoms with Crippen molar-refractivity contribution in [2.24, 2.45) is 0 Å². The molecule has 1 heterocycles. The fraction of sp³-hybridized carbons (Fsp3) is 0.500. The van der Waals surface area contributed by atoms with Gasteiger partial charge in [0.2, 0.25) is 0 Å². The van der Waals surface area contributed by atoms with Crippen LogP contribution < -0.4 is 10.6 Å². The van der Waals surface area contributed by atoms with Gasteiger partial charge in [-0.15, -0.1) is 0 Å². The number of aryl methyl sites for hydroxylation is 1. The molecule has 0 radical (unpaired) electrons. The fourth-order valence-electron chi connectivity index (χ4n) is 2.02. The van der Waals surface area contributed by atoms with E-state index in [1.807, 2.05) is 0 Å². The summed E-state index contributed by atoms with van der Waals surface area (Å²) in [6.45, 7) is 7.58. The minimum Gasteiger partial charge on any atom is -0.314 e. The zero-order valence-electron chi connectivity index (χ0n) is 8.93. The Morgan fingerprint density at radius 2 is 2.07 bits per heavy atom. The smallest absolute Gasteiger partial charge is 0.0449 e. The standard InChI is InChI=1S/C12H18N2/c1-9-4-3-5-11(10(9)2)12-8-13-6-7-14-12/h3-5,12-14H,6-8H2,1-2H3. The van der Waals surface area contributed by atoms with Crippen molar-refractivity contribution in [3.8, 4) is 0 Å². The molecule has 0 bridgehead atoms. The van der Waals surface area contributed by atoms with E-state index in [1.165, 1.54) is 16.7 Å². The summed E-state index contributed by atoms with van der Waals surface area (Å²) in [5.74, 6) is 0. The number of hydrogen-bond acceptors (Lipinski definition) is 2. The van der Waals surface area contributed by atoms with Crippen LogP contribution in [0.25, 0.3) is 0 Å². The quantitative estimate of drug-likeness (QED) is 0.702. The zero-order valence-corrected chi connectivity index (χ0v) is 8.93. The van der Waals surface area contributed by atoms with Gasteiger partial charge in [-0.3, -0.25) is 0 Å². The molecular weight excluding hydrogens is 172 g/mol. The molecule has 2 nitrogen and oxygen atoms in total. The van der Waals surface area contributed by atoms with Crippen molar-refractivity contribution in [2.75, 3.05) is 19.6 Å². The maximum atomic E-state index is 3.54. The first-order valence-electron chi connectivity index (χ1n) is 5.29. The van der Waals surface area contributed by atoms with Gasteiger partial charge in [-0.25, -0.2) is 0 Å². The van der Waals surface area contributed by atoms with Gasteiger partial charge in [-0.1, -0.05) is 18.2 Å². The van der Waals surface area contributed by atoms with Crippen LogP contribution in [0.3, 0.4) is 0 Å². The van der Waals surface area contributed by atoms with E-state index in [4.69, 9.17) is 0 Å². The third-order valence-corrected chi connectivity index (χ3v) is 3.06. The molecule has 1 saturated heterocycles. The summed E-state index contributed by atoms with van der Waals surface area (Å²) in [6, 6.07) is 7.04. The van der Waals surface area contributed by atoms with Gasteiger partial charge in [-0.05, 0) is 30.5 Å². The molecule has 0 saturated carbocycles. The van der Waals surface area contributed by atoms with Gasteiger partial charge in [-0.2, -0.15) is 0 Å². The van der Waals surface area contributed by atoms with Gasteiger partial charge in [0.15, 0.2) is 0 Å². The van der Waals surface area contributed by atoms with Crippen LogP contribution in [0.2, 0.25) is 0 Å². The molecule has 1 aliphatic heterocycles. The molecule has 1 aromatic carbocycles. The van der Waals surface area contributed by atoms with Crippen LogP contribution in [-0.2, 0) is 0 Å². The lowest BCUT2D eigenvalue weighted by molar-refractivity contribution is 0.429. The first kappa shape index (κ1) is 9.69. The molecule has 76 valence electrons. The van der Waals surface area contributed by atoms with Crippen molar-refractivity contribution in [2.45, 2.75) is 19.9 Å². The van der Waals surface area contributed by atoms with Gasteiger partial charge in [0.1, 0.15) is 0 Å². The molecule has 1 atom stereocenters. The SMILES string of the molecule is Cc1cccc(C2CNCCN2)c1C. The highest BCUT2D eigenvalue weighted by molar-refractivity contribution is 5.35. The molecule has 0 aromatic heterocycles.